The number of urea groups is 1. The Labute approximate surface area is 109 Å². The molecule has 2 amide bonds. The number of morpholine rings is 1. The van der Waals surface area contributed by atoms with Gasteiger partial charge < -0.3 is 19.3 Å². The fraction of sp³-hybridized carbons (Fsp3) is 0.923. The third-order valence-electron chi connectivity index (χ3n) is 4.09. The van der Waals surface area contributed by atoms with Crippen LogP contribution in [0.1, 0.15) is 25.7 Å². The summed E-state index contributed by atoms with van der Waals surface area (Å²) < 4.78 is 10.6. The normalized spacial score (nSPS) is 21.8. The van der Waals surface area contributed by atoms with E-state index in [9.17, 15) is 4.79 Å². The van der Waals surface area contributed by atoms with Gasteiger partial charge in [0.25, 0.3) is 0 Å². The summed E-state index contributed by atoms with van der Waals surface area (Å²) in [5.41, 5.74) is 0.00481. The van der Waals surface area contributed by atoms with E-state index in [0.29, 0.717) is 19.8 Å². The van der Waals surface area contributed by atoms with Crippen LogP contribution in [0, 0.1) is 0 Å². The minimum absolute atomic E-state index is 0.00481. The summed E-state index contributed by atoms with van der Waals surface area (Å²) in [6.07, 6.45) is 4.27. The second kappa shape index (κ2) is 5.89. The van der Waals surface area contributed by atoms with Crippen LogP contribution in [-0.4, -0.2) is 68.4 Å². The molecule has 104 valence electrons. The minimum Gasteiger partial charge on any atom is -0.385 e. The van der Waals surface area contributed by atoms with Crippen molar-refractivity contribution < 1.29 is 14.3 Å². The maximum absolute atomic E-state index is 12.5. The number of carbonyl (C=O) groups excluding carboxylic acids is 1. The number of rotatable bonds is 4. The molecular weight excluding hydrogens is 232 g/mol. The Balaban J connectivity index is 1.90. The predicted molar refractivity (Wildman–Crippen MR) is 68.6 cm³/mol. The molecule has 5 heteroatoms. The highest BCUT2D eigenvalue weighted by Gasteiger charge is 2.47. The van der Waals surface area contributed by atoms with Crippen LogP contribution < -0.4 is 0 Å². The van der Waals surface area contributed by atoms with Gasteiger partial charge in [-0.2, -0.15) is 0 Å². The summed E-state index contributed by atoms with van der Waals surface area (Å²) in [6.45, 7) is 3.56. The van der Waals surface area contributed by atoms with Gasteiger partial charge in [-0.05, 0) is 25.7 Å². The van der Waals surface area contributed by atoms with E-state index in [1.807, 2.05) is 16.8 Å². The van der Waals surface area contributed by atoms with Crippen molar-refractivity contribution in [2.45, 2.75) is 31.2 Å². The highest BCUT2D eigenvalue weighted by molar-refractivity contribution is 5.75. The summed E-state index contributed by atoms with van der Waals surface area (Å²) in [5.74, 6) is 0. The summed E-state index contributed by atoms with van der Waals surface area (Å²) in [5, 5.41) is 0. The van der Waals surface area contributed by atoms with Crippen molar-refractivity contribution in [1.29, 1.82) is 0 Å². The minimum atomic E-state index is 0.00481. The zero-order chi connectivity index (χ0) is 13.0. The molecule has 0 radical (unpaired) electrons. The van der Waals surface area contributed by atoms with Gasteiger partial charge in [0.15, 0.2) is 0 Å². The molecule has 1 aliphatic carbocycles. The summed E-state index contributed by atoms with van der Waals surface area (Å²) in [4.78, 5) is 16.3. The van der Waals surface area contributed by atoms with E-state index in [-0.39, 0.29) is 11.6 Å². The van der Waals surface area contributed by atoms with Gasteiger partial charge in [0.1, 0.15) is 0 Å². The summed E-state index contributed by atoms with van der Waals surface area (Å²) in [6, 6.07) is 0.147. The average Bonchev–Trinajstić information content (AvgIpc) is 2.36. The van der Waals surface area contributed by atoms with Gasteiger partial charge in [-0.15, -0.1) is 0 Å². The van der Waals surface area contributed by atoms with Gasteiger partial charge in [-0.1, -0.05) is 0 Å². The van der Waals surface area contributed by atoms with Crippen molar-refractivity contribution in [3.63, 3.8) is 0 Å². The van der Waals surface area contributed by atoms with E-state index in [2.05, 4.69) is 0 Å². The molecule has 1 heterocycles. The molecule has 0 aromatic heterocycles. The molecule has 0 N–H and O–H groups in total. The first-order chi connectivity index (χ1) is 8.69. The Bertz CT molecular complexity index is 292. The van der Waals surface area contributed by atoms with Crippen LogP contribution in [0.15, 0.2) is 0 Å². The molecule has 1 aliphatic heterocycles. The first kappa shape index (κ1) is 13.6. The zero-order valence-electron chi connectivity index (χ0n) is 11.5. The van der Waals surface area contributed by atoms with Gasteiger partial charge in [-0.25, -0.2) is 4.79 Å². The molecule has 2 aliphatic rings. The molecule has 1 spiro atoms. The maximum atomic E-state index is 12.5. The lowest BCUT2D eigenvalue weighted by Crippen LogP contribution is -2.64. The molecule has 0 aromatic carbocycles. The van der Waals surface area contributed by atoms with Crippen LogP contribution in [-0.2, 0) is 9.47 Å². The molecule has 0 aromatic rings. The van der Waals surface area contributed by atoms with E-state index in [1.165, 1.54) is 6.42 Å². The van der Waals surface area contributed by atoms with Gasteiger partial charge in [-0.3, -0.25) is 0 Å². The smallest absolute Gasteiger partial charge is 0.320 e. The molecule has 18 heavy (non-hydrogen) atoms. The van der Waals surface area contributed by atoms with Gasteiger partial charge in [0.05, 0.1) is 18.8 Å². The zero-order valence-corrected chi connectivity index (χ0v) is 11.5. The van der Waals surface area contributed by atoms with E-state index < -0.39 is 0 Å². The standard InChI is InChI=1S/C13H24N2O3/c1-14(7-4-9-17-2)12(16)15-8-10-18-11-13(15)5-3-6-13/h3-11H2,1-2H3. The summed E-state index contributed by atoms with van der Waals surface area (Å²) >= 11 is 0. The van der Waals surface area contributed by atoms with Crippen LogP contribution in [0.4, 0.5) is 4.79 Å². The van der Waals surface area contributed by atoms with Crippen LogP contribution in [0.2, 0.25) is 0 Å². The topological polar surface area (TPSA) is 42.0 Å². The summed E-state index contributed by atoms with van der Waals surface area (Å²) in [7, 11) is 3.56. The Morgan fingerprint density at radius 1 is 1.50 bits per heavy atom. The maximum Gasteiger partial charge on any atom is 0.320 e. The second-order valence-electron chi connectivity index (χ2n) is 5.33. The van der Waals surface area contributed by atoms with E-state index in [4.69, 9.17) is 9.47 Å². The van der Waals surface area contributed by atoms with Crippen LogP contribution in [0.5, 0.6) is 0 Å². The molecular formula is C13H24N2O3. The number of methoxy groups -OCH3 is 1. The van der Waals surface area contributed by atoms with Crippen molar-refractivity contribution in [2.24, 2.45) is 0 Å². The SMILES string of the molecule is COCCCN(C)C(=O)N1CCOCC12CCC2. The molecule has 2 rings (SSSR count). The predicted octanol–water partition coefficient (Wildman–Crippen LogP) is 1.33. The number of ether oxygens (including phenoxy) is 2. The fourth-order valence-electron chi connectivity index (χ4n) is 2.78. The van der Waals surface area contributed by atoms with E-state index in [1.54, 1.807) is 7.11 Å². The third kappa shape index (κ3) is 2.62. The molecule has 1 saturated carbocycles. The Hall–Kier alpha value is -0.810. The van der Waals surface area contributed by atoms with Crippen molar-refractivity contribution in [3.05, 3.63) is 0 Å². The number of hydrogen-bond acceptors (Lipinski definition) is 3. The molecule has 5 nitrogen and oxygen atoms in total. The first-order valence-electron chi connectivity index (χ1n) is 6.79. The second-order valence-corrected chi connectivity index (χ2v) is 5.33. The highest BCUT2D eigenvalue weighted by atomic mass is 16.5. The van der Waals surface area contributed by atoms with Crippen molar-refractivity contribution >= 4 is 6.03 Å². The molecule has 0 bridgehead atoms. The largest absolute Gasteiger partial charge is 0.385 e. The van der Waals surface area contributed by atoms with E-state index in [0.717, 1.165) is 32.4 Å². The lowest BCUT2D eigenvalue weighted by Gasteiger charge is -2.53. The van der Waals surface area contributed by atoms with Gasteiger partial charge in [0.2, 0.25) is 0 Å². The van der Waals surface area contributed by atoms with Crippen LogP contribution in [0.3, 0.4) is 0 Å². The van der Waals surface area contributed by atoms with E-state index >= 15 is 0 Å². The first-order valence-corrected chi connectivity index (χ1v) is 6.79. The van der Waals surface area contributed by atoms with Crippen LogP contribution >= 0.6 is 0 Å². The van der Waals surface area contributed by atoms with Crippen molar-refractivity contribution in [3.8, 4) is 0 Å². The van der Waals surface area contributed by atoms with Gasteiger partial charge >= 0.3 is 6.03 Å². The quantitative estimate of drug-likeness (QED) is 0.713. The van der Waals surface area contributed by atoms with Crippen molar-refractivity contribution in [1.82, 2.24) is 9.80 Å². The Kier molecular flexibility index (Phi) is 4.45. The lowest BCUT2D eigenvalue weighted by atomic mass is 9.75. The average molecular weight is 256 g/mol. The highest BCUT2D eigenvalue weighted by Crippen LogP contribution is 2.40. The lowest BCUT2D eigenvalue weighted by molar-refractivity contribution is -0.0875. The Morgan fingerprint density at radius 3 is 2.89 bits per heavy atom. The fourth-order valence-corrected chi connectivity index (χ4v) is 2.78. The number of carbonyl (C=O) groups is 1. The third-order valence-corrected chi connectivity index (χ3v) is 4.09. The molecule has 1 saturated heterocycles. The Morgan fingerprint density at radius 2 is 2.28 bits per heavy atom. The van der Waals surface area contributed by atoms with Crippen LogP contribution in [0.25, 0.3) is 0 Å². The molecule has 0 unspecified atom stereocenters. The number of hydrogen-bond donors (Lipinski definition) is 0. The number of nitrogens with zero attached hydrogens (tertiary/aromatic N) is 2. The van der Waals surface area contributed by atoms with Gasteiger partial charge in [0, 0.05) is 33.9 Å². The monoisotopic (exact) mass is 256 g/mol. The molecule has 2 fully saturated rings. The molecule has 0 atom stereocenters. The van der Waals surface area contributed by atoms with Crippen molar-refractivity contribution in [2.75, 3.05) is 47.1 Å². The number of amides is 2.